The Labute approximate surface area is 208 Å². The van der Waals surface area contributed by atoms with Crippen LogP contribution in [0.2, 0.25) is 0 Å². The Hall–Kier alpha value is 0.547. The third-order valence-corrected chi connectivity index (χ3v) is 3.81. The van der Waals surface area contributed by atoms with Gasteiger partial charge in [0, 0.05) is 0 Å². The average Bonchev–Trinajstić information content (AvgIpc) is 3.08. The van der Waals surface area contributed by atoms with Gasteiger partial charge in [0.2, 0.25) is 0 Å². The standard InChI is InChI=1S/C19H16O2.2HI.2Zn/c20-18(13-11-16-7-3-1-4-8-16)15-19(18,21)14-12-17-9-5-2-6-10-17;;;;/h1-14H,15H2;2*1H;;/q-2;;;2*+2/p-2/b13-11+,14-12+;;;;/t18-,19+;;;;. The van der Waals surface area contributed by atoms with E-state index < -0.39 is 11.2 Å². The van der Waals surface area contributed by atoms with Gasteiger partial charge in [-0.15, -0.1) is 11.2 Å². The number of halogens is 2. The summed E-state index contributed by atoms with van der Waals surface area (Å²) in [5, 5.41) is 24.8. The molecule has 0 radical (unpaired) electrons. The molecule has 1 fully saturated rings. The molecule has 0 amide bonds. The molecular weight excluding hydrogens is 645 g/mol. The first-order valence-electron chi connectivity index (χ1n) is 7.01. The molecule has 2 aromatic carbocycles. The fourth-order valence-electron chi connectivity index (χ4n) is 2.34. The zero-order chi connectivity index (χ0) is 14.8. The van der Waals surface area contributed by atoms with Crippen molar-refractivity contribution >= 4 is 12.2 Å². The van der Waals surface area contributed by atoms with Crippen LogP contribution >= 0.6 is 0 Å². The van der Waals surface area contributed by atoms with E-state index in [1.54, 1.807) is 12.2 Å². The van der Waals surface area contributed by atoms with Crippen LogP contribution < -0.4 is 58.2 Å². The number of hydrogen-bond donors (Lipinski definition) is 0. The molecular formula is C19H16I2O2Zn2. The second-order valence-electron chi connectivity index (χ2n) is 5.44. The van der Waals surface area contributed by atoms with Gasteiger partial charge in [0.05, 0.1) is 0 Å². The molecule has 1 aliphatic carbocycles. The summed E-state index contributed by atoms with van der Waals surface area (Å²) in [5.74, 6) is 0. The van der Waals surface area contributed by atoms with E-state index in [4.69, 9.17) is 0 Å². The molecule has 1 aliphatic rings. The van der Waals surface area contributed by atoms with Crippen LogP contribution in [0, 0.1) is 0 Å². The van der Waals surface area contributed by atoms with Crippen molar-refractivity contribution in [1.29, 1.82) is 0 Å². The second-order valence-corrected chi connectivity index (χ2v) is 5.44. The van der Waals surface area contributed by atoms with Gasteiger partial charge in [-0.3, -0.25) is 0 Å². The molecule has 2 nitrogen and oxygen atoms in total. The summed E-state index contributed by atoms with van der Waals surface area (Å²) < 4.78 is 0. The zero-order valence-corrected chi connectivity index (χ0v) is 24.0. The summed E-state index contributed by atoms with van der Waals surface area (Å²) in [7, 11) is 0. The van der Waals surface area contributed by atoms with Gasteiger partial charge in [-0.25, -0.2) is 0 Å². The summed E-state index contributed by atoms with van der Waals surface area (Å²) >= 11 is 0. The molecule has 6 heteroatoms. The third-order valence-electron chi connectivity index (χ3n) is 3.81. The molecule has 25 heavy (non-hydrogen) atoms. The topological polar surface area (TPSA) is 46.1 Å². The fourth-order valence-corrected chi connectivity index (χ4v) is 2.34. The van der Waals surface area contributed by atoms with Crippen LogP contribution in [0.15, 0.2) is 72.8 Å². The normalized spacial score (nSPS) is 23.8. The number of benzene rings is 2. The number of hydrogen-bond acceptors (Lipinski definition) is 2. The Morgan fingerprint density at radius 2 is 0.960 bits per heavy atom. The smallest absolute Gasteiger partial charge is 1.00 e. The van der Waals surface area contributed by atoms with Gasteiger partial charge in [0.15, 0.2) is 0 Å². The monoisotopic (exact) mass is 658 g/mol. The predicted octanol–water partition coefficient (Wildman–Crippen LogP) is -3.98. The summed E-state index contributed by atoms with van der Waals surface area (Å²) in [5.41, 5.74) is -1.19. The predicted molar refractivity (Wildman–Crippen MR) is 81.0 cm³/mol. The van der Waals surface area contributed by atoms with Crippen LogP contribution in [0.25, 0.3) is 12.2 Å². The maximum Gasteiger partial charge on any atom is 2.00 e. The molecule has 0 heterocycles. The van der Waals surface area contributed by atoms with Crippen LogP contribution in [-0.4, -0.2) is 11.2 Å². The van der Waals surface area contributed by atoms with Crippen LogP contribution in [0.3, 0.4) is 0 Å². The molecule has 0 unspecified atom stereocenters. The van der Waals surface area contributed by atoms with Crippen molar-refractivity contribution in [2.45, 2.75) is 17.6 Å². The van der Waals surface area contributed by atoms with E-state index in [1.807, 2.05) is 60.7 Å². The molecule has 2 atom stereocenters. The Morgan fingerprint density at radius 3 is 1.28 bits per heavy atom. The molecule has 3 rings (SSSR count). The largest absolute Gasteiger partial charge is 2.00 e. The van der Waals surface area contributed by atoms with Gasteiger partial charge in [-0.2, -0.15) is 0 Å². The maximum atomic E-state index is 12.4. The van der Waals surface area contributed by atoms with Crippen molar-refractivity contribution in [3.8, 4) is 0 Å². The van der Waals surface area contributed by atoms with Crippen LogP contribution in [-0.2, 0) is 39.0 Å². The minimum absolute atomic E-state index is 0. The summed E-state index contributed by atoms with van der Waals surface area (Å²) in [6, 6.07) is 19.1. The SMILES string of the molecule is [I-].[I-].[O-][C@]1(/C=C/c2ccccc2)C[C@@]1([O-])/C=C/c1ccccc1.[Zn+2].[Zn+2]. The van der Waals surface area contributed by atoms with Gasteiger partial charge < -0.3 is 58.2 Å². The van der Waals surface area contributed by atoms with Crippen molar-refractivity contribution in [2.24, 2.45) is 0 Å². The molecule has 2 aromatic rings. The fraction of sp³-hybridized carbons (Fsp3) is 0.158. The minimum atomic E-state index is -1.53. The van der Waals surface area contributed by atoms with E-state index in [2.05, 4.69) is 0 Å². The van der Waals surface area contributed by atoms with Crippen molar-refractivity contribution < 1.29 is 97.1 Å². The Bertz CT molecular complexity index is 621. The van der Waals surface area contributed by atoms with E-state index >= 15 is 0 Å². The minimum Gasteiger partial charge on any atom is -1.00 e. The summed E-state index contributed by atoms with van der Waals surface area (Å²) in [6.45, 7) is 0. The van der Waals surface area contributed by atoms with E-state index in [1.165, 1.54) is 12.2 Å². The second kappa shape index (κ2) is 12.1. The maximum absolute atomic E-state index is 12.4. The Balaban J connectivity index is 0. The van der Waals surface area contributed by atoms with Crippen molar-refractivity contribution in [2.75, 3.05) is 0 Å². The first-order valence-corrected chi connectivity index (χ1v) is 7.01. The van der Waals surface area contributed by atoms with E-state index in [-0.39, 0.29) is 93.3 Å². The Morgan fingerprint density at radius 1 is 0.640 bits per heavy atom. The van der Waals surface area contributed by atoms with Crippen molar-refractivity contribution in [1.82, 2.24) is 0 Å². The van der Waals surface area contributed by atoms with Crippen LogP contribution in [0.4, 0.5) is 0 Å². The summed E-state index contributed by atoms with van der Waals surface area (Å²) in [4.78, 5) is 0. The van der Waals surface area contributed by atoms with Gasteiger partial charge in [-0.05, 0) is 11.1 Å². The first kappa shape index (κ1) is 27.8. The van der Waals surface area contributed by atoms with Gasteiger partial charge >= 0.3 is 39.0 Å². The molecule has 0 N–H and O–H groups in total. The zero-order valence-electron chi connectivity index (χ0n) is 13.8. The van der Waals surface area contributed by atoms with Crippen LogP contribution in [0.5, 0.6) is 0 Å². The van der Waals surface area contributed by atoms with E-state index in [0.717, 1.165) is 11.1 Å². The van der Waals surface area contributed by atoms with E-state index in [0.29, 0.717) is 0 Å². The molecule has 1 saturated carbocycles. The Kier molecular flexibility index (Phi) is 13.4. The van der Waals surface area contributed by atoms with Gasteiger partial charge in [0.25, 0.3) is 0 Å². The first-order chi connectivity index (χ1) is 10.1. The van der Waals surface area contributed by atoms with E-state index in [9.17, 15) is 10.2 Å². The van der Waals surface area contributed by atoms with Crippen LogP contribution in [0.1, 0.15) is 17.5 Å². The molecule has 0 spiro atoms. The molecule has 0 saturated heterocycles. The molecule has 0 aromatic heterocycles. The average molecular weight is 661 g/mol. The van der Waals surface area contributed by atoms with Gasteiger partial charge in [0.1, 0.15) is 0 Å². The van der Waals surface area contributed by atoms with Gasteiger partial charge in [-0.1, -0.05) is 91.4 Å². The quantitative estimate of drug-likeness (QED) is 0.248. The molecule has 122 valence electrons. The molecule has 0 aliphatic heterocycles. The van der Waals surface area contributed by atoms with Crippen molar-refractivity contribution in [3.63, 3.8) is 0 Å². The molecule has 0 bridgehead atoms. The van der Waals surface area contributed by atoms with Crippen molar-refractivity contribution in [3.05, 3.63) is 83.9 Å². The third kappa shape index (κ3) is 7.23. The summed E-state index contributed by atoms with van der Waals surface area (Å²) in [6.07, 6.45) is 6.59. The number of rotatable bonds is 4.